The van der Waals surface area contributed by atoms with Gasteiger partial charge in [-0.25, -0.2) is 9.59 Å². The Hall–Kier alpha value is -3.28. The van der Waals surface area contributed by atoms with Crippen LogP contribution in [0, 0.1) is 0 Å². The molecule has 4 rings (SSSR count). The molecule has 2 aromatic rings. The van der Waals surface area contributed by atoms with Gasteiger partial charge in [-0.15, -0.1) is 0 Å². The van der Waals surface area contributed by atoms with Crippen molar-refractivity contribution in [1.29, 1.82) is 0 Å². The molecule has 0 spiro atoms. The third kappa shape index (κ3) is 5.43. The molecule has 0 fully saturated rings. The molecule has 8 nitrogen and oxygen atoms in total. The highest BCUT2D eigenvalue weighted by molar-refractivity contribution is 8.29. The summed E-state index contributed by atoms with van der Waals surface area (Å²) in [5.74, 6) is -0.539. The lowest BCUT2D eigenvalue weighted by Crippen LogP contribution is -2.57. The molecule has 2 aromatic carbocycles. The molecule has 2 heterocycles. The third-order valence-electron chi connectivity index (χ3n) is 6.03. The maximum absolute atomic E-state index is 13.8. The Morgan fingerprint density at radius 1 is 0.897 bits per heavy atom. The monoisotopic (exact) mass is 585 g/mol. The summed E-state index contributed by atoms with van der Waals surface area (Å²) < 4.78 is 22.2. The van der Waals surface area contributed by atoms with E-state index in [1.807, 2.05) is 51.1 Å². The average molecular weight is 586 g/mol. The van der Waals surface area contributed by atoms with Crippen LogP contribution >= 0.6 is 35.7 Å². The highest BCUT2D eigenvalue weighted by atomic mass is 32.2. The van der Waals surface area contributed by atoms with E-state index >= 15 is 0 Å². The second-order valence-corrected chi connectivity index (χ2v) is 11.5. The van der Waals surface area contributed by atoms with E-state index in [9.17, 15) is 14.4 Å². The summed E-state index contributed by atoms with van der Waals surface area (Å²) in [7, 11) is 2.50. The summed E-state index contributed by atoms with van der Waals surface area (Å²) in [5, 5.41) is 0. The average Bonchev–Trinajstić information content (AvgIpc) is 3.37. The first-order valence-corrected chi connectivity index (χ1v) is 14.0. The number of rotatable bonds is 7. The van der Waals surface area contributed by atoms with Gasteiger partial charge in [0.25, 0.3) is 5.91 Å². The zero-order valence-electron chi connectivity index (χ0n) is 22.1. The number of anilines is 1. The van der Waals surface area contributed by atoms with Gasteiger partial charge in [-0.05, 0) is 39.0 Å². The van der Waals surface area contributed by atoms with Crippen molar-refractivity contribution in [3.8, 4) is 11.5 Å². The largest absolute Gasteiger partial charge is 0.492 e. The van der Waals surface area contributed by atoms with Gasteiger partial charge in [0.2, 0.25) is 0 Å². The van der Waals surface area contributed by atoms with Crippen molar-refractivity contribution >= 4 is 69.7 Å². The number of carbonyl (C=O) groups excluding carboxylic acids is 3. The Morgan fingerprint density at radius 3 is 2.08 bits per heavy atom. The number of para-hydroxylation sites is 2. The van der Waals surface area contributed by atoms with Gasteiger partial charge in [-0.2, -0.15) is 0 Å². The van der Waals surface area contributed by atoms with Gasteiger partial charge < -0.3 is 18.9 Å². The van der Waals surface area contributed by atoms with Crippen LogP contribution in [0.25, 0.3) is 5.57 Å². The van der Waals surface area contributed by atoms with Crippen LogP contribution in [0.4, 0.5) is 5.69 Å². The van der Waals surface area contributed by atoms with Crippen LogP contribution < -0.4 is 14.4 Å². The lowest BCUT2D eigenvalue weighted by atomic mass is 9.83. The fourth-order valence-electron chi connectivity index (χ4n) is 4.26. The van der Waals surface area contributed by atoms with Crippen LogP contribution in [0.1, 0.15) is 26.3 Å². The van der Waals surface area contributed by atoms with Crippen molar-refractivity contribution in [3.05, 3.63) is 68.1 Å². The first-order chi connectivity index (χ1) is 18.6. The molecule has 0 unspecified atom stereocenters. The van der Waals surface area contributed by atoms with Crippen LogP contribution in [0.15, 0.2) is 62.6 Å². The molecule has 0 saturated heterocycles. The lowest BCUT2D eigenvalue weighted by Gasteiger charge is -2.45. The Morgan fingerprint density at radius 2 is 1.51 bits per heavy atom. The molecular formula is C28H27NO7S3. The van der Waals surface area contributed by atoms with Crippen LogP contribution in [0.2, 0.25) is 0 Å². The number of ether oxygens (including phenoxy) is 4. The van der Waals surface area contributed by atoms with Crippen molar-refractivity contribution < 1.29 is 33.3 Å². The van der Waals surface area contributed by atoms with E-state index in [1.54, 1.807) is 23.1 Å². The highest BCUT2D eigenvalue weighted by Crippen LogP contribution is 2.57. The van der Waals surface area contributed by atoms with Gasteiger partial charge in [0.1, 0.15) is 21.3 Å². The SMILES string of the molecule is CCOc1cccc2c1N(C(=O)COc1ccccc1)C(C)(C)C(=S)C2=C1SC(C(=O)OC)=C(C(=O)OC)S1. The first-order valence-electron chi connectivity index (χ1n) is 12.0. The van der Waals surface area contributed by atoms with Gasteiger partial charge in [0, 0.05) is 11.1 Å². The molecule has 204 valence electrons. The lowest BCUT2D eigenvalue weighted by molar-refractivity contribution is -0.138. The van der Waals surface area contributed by atoms with E-state index in [2.05, 4.69) is 0 Å². The van der Waals surface area contributed by atoms with Crippen LogP contribution in [0.3, 0.4) is 0 Å². The molecule has 0 N–H and O–H groups in total. The number of amides is 1. The van der Waals surface area contributed by atoms with Crippen molar-refractivity contribution in [2.75, 3.05) is 32.3 Å². The first kappa shape index (κ1) is 28.7. The fraction of sp³-hybridized carbons (Fsp3) is 0.286. The molecule has 2 aliphatic rings. The normalized spacial score (nSPS) is 16.1. The molecule has 0 saturated carbocycles. The van der Waals surface area contributed by atoms with Gasteiger partial charge >= 0.3 is 11.9 Å². The number of esters is 2. The predicted octanol–water partition coefficient (Wildman–Crippen LogP) is 5.37. The molecule has 11 heteroatoms. The minimum absolute atomic E-state index is 0.120. The van der Waals surface area contributed by atoms with E-state index in [1.165, 1.54) is 14.2 Å². The number of thiocarbonyl (C=S) groups is 1. The number of hydrogen-bond donors (Lipinski definition) is 0. The standard InChI is InChI=1S/C28H27NO7S3/c1-6-35-18-14-10-13-17-20(27-38-22(25(31)33-4)23(39-27)26(32)34-5)24(37)28(2,3)29(21(17)18)19(30)15-36-16-11-8-7-9-12-16/h7-14H,6,15H2,1-5H3. The number of thioether (sulfide) groups is 2. The second-order valence-electron chi connectivity index (χ2n) is 8.81. The Bertz CT molecular complexity index is 1370. The van der Waals surface area contributed by atoms with Crippen LogP contribution in [-0.4, -0.2) is 55.7 Å². The minimum Gasteiger partial charge on any atom is -0.492 e. The number of nitrogens with zero attached hydrogens (tertiary/aromatic N) is 1. The molecule has 0 aromatic heterocycles. The quantitative estimate of drug-likeness (QED) is 0.240. The smallest absolute Gasteiger partial charge is 0.346 e. The Kier molecular flexibility index (Phi) is 8.73. The number of benzene rings is 2. The van der Waals surface area contributed by atoms with Gasteiger partial charge in [0.15, 0.2) is 6.61 Å². The molecular weight excluding hydrogens is 559 g/mol. The van der Waals surface area contributed by atoms with E-state index in [0.717, 1.165) is 23.5 Å². The number of carbonyl (C=O) groups is 3. The molecule has 0 atom stereocenters. The summed E-state index contributed by atoms with van der Waals surface area (Å²) in [4.78, 5) is 41.1. The molecule has 39 heavy (non-hydrogen) atoms. The minimum atomic E-state index is -0.991. The third-order valence-corrected chi connectivity index (χ3v) is 9.29. The van der Waals surface area contributed by atoms with Gasteiger partial charge in [0.05, 0.1) is 41.2 Å². The van der Waals surface area contributed by atoms with E-state index in [-0.39, 0.29) is 22.3 Å². The van der Waals surface area contributed by atoms with Gasteiger partial charge in [-0.1, -0.05) is 66.1 Å². The second kappa shape index (κ2) is 11.8. The van der Waals surface area contributed by atoms with E-state index in [0.29, 0.717) is 44.0 Å². The zero-order valence-corrected chi connectivity index (χ0v) is 24.5. The van der Waals surface area contributed by atoms with Gasteiger partial charge in [-0.3, -0.25) is 9.69 Å². The topological polar surface area (TPSA) is 91.4 Å². The maximum atomic E-state index is 13.8. The van der Waals surface area contributed by atoms with E-state index < -0.39 is 17.5 Å². The Balaban J connectivity index is 1.85. The van der Waals surface area contributed by atoms with Crippen LogP contribution in [-0.2, 0) is 23.9 Å². The van der Waals surface area contributed by atoms with Crippen LogP contribution in [0.5, 0.6) is 11.5 Å². The maximum Gasteiger partial charge on any atom is 0.346 e. The summed E-state index contributed by atoms with van der Waals surface area (Å²) in [6.07, 6.45) is 0. The highest BCUT2D eigenvalue weighted by Gasteiger charge is 2.47. The zero-order chi connectivity index (χ0) is 28.3. The number of fused-ring (bicyclic) bond motifs is 1. The van der Waals surface area contributed by atoms with Crippen molar-refractivity contribution in [1.82, 2.24) is 0 Å². The van der Waals surface area contributed by atoms with Crippen molar-refractivity contribution in [2.24, 2.45) is 0 Å². The predicted molar refractivity (Wildman–Crippen MR) is 157 cm³/mol. The fourth-order valence-corrected chi connectivity index (χ4v) is 7.29. The molecule has 0 radical (unpaired) electrons. The molecule has 2 aliphatic heterocycles. The summed E-state index contributed by atoms with van der Waals surface area (Å²) in [5.41, 5.74) is 0.822. The van der Waals surface area contributed by atoms with E-state index in [4.69, 9.17) is 31.2 Å². The molecule has 1 amide bonds. The summed E-state index contributed by atoms with van der Waals surface area (Å²) in [6, 6.07) is 14.5. The molecule has 0 aliphatic carbocycles. The van der Waals surface area contributed by atoms with Crippen molar-refractivity contribution in [3.63, 3.8) is 0 Å². The number of methoxy groups -OCH3 is 2. The van der Waals surface area contributed by atoms with Crippen molar-refractivity contribution in [2.45, 2.75) is 26.3 Å². The number of hydrogen-bond acceptors (Lipinski definition) is 10. The Labute approximate surface area is 240 Å². The molecule has 0 bridgehead atoms. The summed E-state index contributed by atoms with van der Waals surface area (Å²) in [6.45, 7) is 5.72. The summed E-state index contributed by atoms with van der Waals surface area (Å²) >= 11 is 8.21.